The molecule has 0 fully saturated rings. The second kappa shape index (κ2) is 9.00. The highest BCUT2D eigenvalue weighted by molar-refractivity contribution is 7.20. The number of esters is 1. The van der Waals surface area contributed by atoms with Gasteiger partial charge >= 0.3 is 5.97 Å². The number of aromatic nitrogens is 2. The van der Waals surface area contributed by atoms with Gasteiger partial charge in [0.2, 0.25) is 0 Å². The summed E-state index contributed by atoms with van der Waals surface area (Å²) in [5, 5.41) is 3.18. The van der Waals surface area contributed by atoms with Crippen LogP contribution in [0.1, 0.15) is 48.0 Å². The SMILES string of the molecule is CCCCOC(=O)C(C)n1cnc2sc(C(=O)Nc3ccccc3)c(C)c2c1=O. The number of fused-ring (bicyclic) bond motifs is 1. The van der Waals surface area contributed by atoms with E-state index >= 15 is 0 Å². The molecule has 8 heteroatoms. The van der Waals surface area contributed by atoms with Gasteiger partial charge in [0.25, 0.3) is 11.5 Å². The Kier molecular flexibility index (Phi) is 6.43. The number of hydrogen-bond acceptors (Lipinski definition) is 6. The predicted octanol–water partition coefficient (Wildman–Crippen LogP) is 3.92. The first kappa shape index (κ1) is 20.7. The van der Waals surface area contributed by atoms with E-state index < -0.39 is 12.0 Å². The molecule has 2 heterocycles. The Morgan fingerprint density at radius 2 is 2.00 bits per heavy atom. The molecule has 0 bridgehead atoms. The fraction of sp³-hybridized carbons (Fsp3) is 0.333. The summed E-state index contributed by atoms with van der Waals surface area (Å²) in [6, 6.07) is 8.30. The number of hydrogen-bond donors (Lipinski definition) is 1. The van der Waals surface area contributed by atoms with Gasteiger partial charge in [0.05, 0.1) is 23.2 Å². The third-order valence-electron chi connectivity index (χ3n) is 4.61. The quantitative estimate of drug-likeness (QED) is 0.468. The van der Waals surface area contributed by atoms with E-state index in [1.54, 1.807) is 26.0 Å². The fourth-order valence-corrected chi connectivity index (χ4v) is 3.92. The molecule has 0 spiro atoms. The van der Waals surface area contributed by atoms with Gasteiger partial charge in [-0.05, 0) is 38.0 Å². The van der Waals surface area contributed by atoms with Crippen LogP contribution in [0.3, 0.4) is 0 Å². The van der Waals surface area contributed by atoms with E-state index in [4.69, 9.17) is 4.74 Å². The molecular weight excluding hydrogens is 390 g/mol. The lowest BCUT2D eigenvalue weighted by molar-refractivity contribution is -0.147. The van der Waals surface area contributed by atoms with Gasteiger partial charge in [0.1, 0.15) is 10.9 Å². The summed E-state index contributed by atoms with van der Waals surface area (Å²) < 4.78 is 6.48. The summed E-state index contributed by atoms with van der Waals surface area (Å²) >= 11 is 1.16. The number of amides is 1. The number of para-hydroxylation sites is 1. The molecular formula is C21H23N3O4S. The van der Waals surface area contributed by atoms with E-state index in [1.165, 1.54) is 10.9 Å². The molecule has 2 aromatic heterocycles. The van der Waals surface area contributed by atoms with Gasteiger partial charge in [0, 0.05) is 5.69 Å². The maximum atomic E-state index is 13.0. The fourth-order valence-electron chi connectivity index (χ4n) is 2.89. The van der Waals surface area contributed by atoms with Crippen molar-refractivity contribution in [2.75, 3.05) is 11.9 Å². The summed E-state index contributed by atoms with van der Waals surface area (Å²) in [5.74, 6) is -0.772. The van der Waals surface area contributed by atoms with Crippen molar-refractivity contribution in [1.82, 2.24) is 9.55 Å². The van der Waals surface area contributed by atoms with E-state index in [0.29, 0.717) is 33.0 Å². The van der Waals surface area contributed by atoms with E-state index in [2.05, 4.69) is 10.3 Å². The Balaban J connectivity index is 1.90. The number of carbonyl (C=O) groups excluding carboxylic acids is 2. The topological polar surface area (TPSA) is 90.3 Å². The van der Waals surface area contributed by atoms with Gasteiger partial charge in [-0.1, -0.05) is 31.5 Å². The molecule has 0 saturated heterocycles. The number of anilines is 1. The number of carbonyl (C=O) groups is 2. The number of rotatable bonds is 7. The molecule has 7 nitrogen and oxygen atoms in total. The summed E-state index contributed by atoms with van der Waals surface area (Å²) in [6.07, 6.45) is 3.02. The van der Waals surface area contributed by atoms with Crippen LogP contribution in [-0.4, -0.2) is 28.0 Å². The largest absolute Gasteiger partial charge is 0.464 e. The van der Waals surface area contributed by atoms with Gasteiger partial charge in [-0.15, -0.1) is 11.3 Å². The van der Waals surface area contributed by atoms with Gasteiger partial charge in [-0.25, -0.2) is 9.78 Å². The number of nitrogens with zero attached hydrogens (tertiary/aromatic N) is 2. The van der Waals surface area contributed by atoms with Crippen LogP contribution in [-0.2, 0) is 9.53 Å². The summed E-state index contributed by atoms with van der Waals surface area (Å²) in [7, 11) is 0. The summed E-state index contributed by atoms with van der Waals surface area (Å²) in [6.45, 7) is 5.65. The van der Waals surface area contributed by atoms with Crippen LogP contribution in [0, 0.1) is 6.92 Å². The molecule has 1 amide bonds. The van der Waals surface area contributed by atoms with Crippen LogP contribution in [0.2, 0.25) is 0 Å². The highest BCUT2D eigenvalue weighted by atomic mass is 32.1. The number of benzene rings is 1. The lowest BCUT2D eigenvalue weighted by Gasteiger charge is -2.14. The van der Waals surface area contributed by atoms with Gasteiger partial charge in [-0.3, -0.25) is 14.2 Å². The molecule has 1 atom stereocenters. The molecule has 0 aliphatic carbocycles. The molecule has 0 radical (unpaired) electrons. The third-order valence-corrected chi connectivity index (χ3v) is 5.81. The monoisotopic (exact) mass is 413 g/mol. The Morgan fingerprint density at radius 1 is 1.28 bits per heavy atom. The van der Waals surface area contributed by atoms with Gasteiger partial charge in [-0.2, -0.15) is 0 Å². The maximum Gasteiger partial charge on any atom is 0.328 e. The average Bonchev–Trinajstić information content (AvgIpc) is 3.06. The minimum Gasteiger partial charge on any atom is -0.464 e. The zero-order chi connectivity index (χ0) is 21.0. The highest BCUT2D eigenvalue weighted by Crippen LogP contribution is 2.28. The average molecular weight is 413 g/mol. The predicted molar refractivity (Wildman–Crippen MR) is 114 cm³/mol. The minimum atomic E-state index is -0.794. The van der Waals surface area contributed by atoms with E-state index in [1.807, 2.05) is 25.1 Å². The highest BCUT2D eigenvalue weighted by Gasteiger charge is 2.23. The van der Waals surface area contributed by atoms with Crippen LogP contribution in [0.25, 0.3) is 10.2 Å². The van der Waals surface area contributed by atoms with Crippen molar-refractivity contribution in [2.24, 2.45) is 0 Å². The Bertz CT molecular complexity index is 1090. The van der Waals surface area contributed by atoms with Crippen LogP contribution in [0.15, 0.2) is 41.5 Å². The Labute approximate surface area is 172 Å². The molecule has 3 rings (SSSR count). The van der Waals surface area contributed by atoms with Crippen molar-refractivity contribution in [3.05, 3.63) is 57.5 Å². The molecule has 1 unspecified atom stereocenters. The van der Waals surface area contributed by atoms with E-state index in [9.17, 15) is 14.4 Å². The Morgan fingerprint density at radius 3 is 2.69 bits per heavy atom. The van der Waals surface area contributed by atoms with Crippen molar-refractivity contribution >= 4 is 39.1 Å². The number of unbranched alkanes of at least 4 members (excludes halogenated alkanes) is 1. The number of nitrogens with one attached hydrogen (secondary N) is 1. The normalized spacial score (nSPS) is 12.0. The van der Waals surface area contributed by atoms with Crippen LogP contribution < -0.4 is 10.9 Å². The first-order chi connectivity index (χ1) is 13.9. The molecule has 29 heavy (non-hydrogen) atoms. The molecule has 1 N–H and O–H groups in total. The first-order valence-corrected chi connectivity index (χ1v) is 10.3. The van der Waals surface area contributed by atoms with Crippen LogP contribution >= 0.6 is 11.3 Å². The van der Waals surface area contributed by atoms with Gasteiger partial charge < -0.3 is 10.1 Å². The smallest absolute Gasteiger partial charge is 0.328 e. The zero-order valence-corrected chi connectivity index (χ0v) is 17.4. The second-order valence-electron chi connectivity index (χ2n) is 6.71. The molecule has 1 aromatic carbocycles. The van der Waals surface area contributed by atoms with Gasteiger partial charge in [0.15, 0.2) is 0 Å². The van der Waals surface area contributed by atoms with Crippen molar-refractivity contribution in [2.45, 2.75) is 39.7 Å². The number of aryl methyl sites for hydroxylation is 1. The molecule has 0 saturated carbocycles. The van der Waals surface area contributed by atoms with E-state index in [0.717, 1.165) is 24.2 Å². The molecule has 0 aliphatic heterocycles. The van der Waals surface area contributed by atoms with E-state index in [-0.39, 0.29) is 11.5 Å². The lowest BCUT2D eigenvalue weighted by Crippen LogP contribution is -2.29. The lowest BCUT2D eigenvalue weighted by atomic mass is 10.2. The van der Waals surface area contributed by atoms with Crippen LogP contribution in [0.4, 0.5) is 5.69 Å². The van der Waals surface area contributed by atoms with Crippen molar-refractivity contribution < 1.29 is 14.3 Å². The summed E-state index contributed by atoms with van der Waals surface area (Å²) in [4.78, 5) is 43.1. The standard InChI is InChI=1S/C21H23N3O4S/c1-4-5-11-28-21(27)14(3)24-12-22-19-16(20(24)26)13(2)17(29-19)18(25)23-15-9-7-6-8-10-15/h6-10,12,14H,4-5,11H2,1-3H3,(H,23,25). The first-order valence-electron chi connectivity index (χ1n) is 9.47. The van der Waals surface area contributed by atoms with Crippen molar-refractivity contribution in [1.29, 1.82) is 0 Å². The minimum absolute atomic E-state index is 0.297. The molecule has 152 valence electrons. The van der Waals surface area contributed by atoms with Crippen molar-refractivity contribution in [3.63, 3.8) is 0 Å². The molecule has 0 aliphatic rings. The number of ether oxygens (including phenoxy) is 1. The van der Waals surface area contributed by atoms with Crippen LogP contribution in [0.5, 0.6) is 0 Å². The van der Waals surface area contributed by atoms with Crippen molar-refractivity contribution in [3.8, 4) is 0 Å². The second-order valence-corrected chi connectivity index (χ2v) is 7.71. The Hall–Kier alpha value is -3.00. The third kappa shape index (κ3) is 4.37. The summed E-state index contributed by atoms with van der Waals surface area (Å²) in [5.41, 5.74) is 0.863. The zero-order valence-electron chi connectivity index (χ0n) is 16.6. The maximum absolute atomic E-state index is 13.0. The molecule has 3 aromatic rings. The number of thiophene rings is 1.